The molecule has 4 aliphatic heterocycles. The molecule has 2 aromatic heterocycles. The van der Waals surface area contributed by atoms with Crippen LogP contribution in [0.25, 0.3) is 11.3 Å². The third-order valence-corrected chi connectivity index (χ3v) is 22.9. The Hall–Kier alpha value is -9.56. The number of hydrogen-bond donors (Lipinski definition) is 4. The molecular formula is C75H90F10N11O19PS. The van der Waals surface area contributed by atoms with Gasteiger partial charge in [0.1, 0.15) is 29.5 Å². The number of aromatic nitrogens is 4. The summed E-state index contributed by atoms with van der Waals surface area (Å²) in [4.78, 5) is 134. The number of benzene rings is 3. The van der Waals surface area contributed by atoms with Crippen molar-refractivity contribution in [2.75, 3.05) is 91.2 Å². The first-order chi connectivity index (χ1) is 54.5. The number of carbonyl (C=O) groups is 7. The third kappa shape index (κ3) is 23.3. The molecule has 4 aliphatic rings. The number of ketones is 1. The molecule has 640 valence electrons. The number of halogens is 10. The van der Waals surface area contributed by atoms with Crippen molar-refractivity contribution >= 4 is 65.6 Å². The number of ether oxygens (including phenoxy) is 6. The molecule has 0 radical (unpaired) electrons. The summed E-state index contributed by atoms with van der Waals surface area (Å²) in [5, 5.41) is 5.96. The zero-order chi connectivity index (χ0) is 86.2. The van der Waals surface area contributed by atoms with E-state index in [0.717, 1.165) is 49.9 Å². The van der Waals surface area contributed by atoms with Gasteiger partial charge in [-0.25, -0.2) is 51.0 Å². The number of nitrogens with zero attached hydrogens (tertiary/aromatic N) is 9. The maximum Gasteiger partial charge on any atom is 0.524 e. The Bertz CT molecular complexity index is 4650. The van der Waals surface area contributed by atoms with Gasteiger partial charge in [0, 0.05) is 116 Å². The molecule has 3 amide bonds. The number of aryl methyl sites for hydroxylation is 1. The van der Waals surface area contributed by atoms with Gasteiger partial charge in [0.05, 0.1) is 93.5 Å². The van der Waals surface area contributed by atoms with Crippen LogP contribution < -0.4 is 20.2 Å². The highest BCUT2D eigenvalue weighted by molar-refractivity contribution is 7.88. The van der Waals surface area contributed by atoms with Crippen molar-refractivity contribution < 1.29 is 133 Å². The van der Waals surface area contributed by atoms with E-state index in [4.69, 9.17) is 23.5 Å². The maximum absolute atomic E-state index is 16.8. The summed E-state index contributed by atoms with van der Waals surface area (Å²) in [5.41, 5.74) is -6.79. The van der Waals surface area contributed by atoms with E-state index in [2.05, 4.69) is 51.6 Å². The molecule has 0 aliphatic carbocycles. The quantitative estimate of drug-likeness (QED) is 0.00593. The highest BCUT2D eigenvalue weighted by atomic mass is 32.2. The number of fused-ring (bicyclic) bond motifs is 2. The fraction of sp³-hybridized carbons (Fsp3) is 0.547. The lowest BCUT2D eigenvalue weighted by Crippen LogP contribution is -2.62. The van der Waals surface area contributed by atoms with E-state index in [-0.39, 0.29) is 47.6 Å². The molecule has 2 unspecified atom stereocenters. The van der Waals surface area contributed by atoms with Gasteiger partial charge in [0.15, 0.2) is 5.78 Å². The minimum Gasteiger partial charge on any atom is -0.469 e. The van der Waals surface area contributed by atoms with Crippen molar-refractivity contribution in [3.63, 3.8) is 0 Å². The largest absolute Gasteiger partial charge is 0.524 e. The zero-order valence-electron chi connectivity index (χ0n) is 65.3. The van der Waals surface area contributed by atoms with E-state index in [9.17, 15) is 60.3 Å². The summed E-state index contributed by atoms with van der Waals surface area (Å²) in [6, 6.07) is 8.92. The number of nitrogens with one attached hydrogen (secondary N) is 2. The molecule has 4 fully saturated rings. The van der Waals surface area contributed by atoms with E-state index in [1.807, 2.05) is 5.32 Å². The van der Waals surface area contributed by atoms with Crippen LogP contribution in [0.3, 0.4) is 0 Å². The first-order valence-corrected chi connectivity index (χ1v) is 40.0. The topological polar surface area (TPSA) is 360 Å². The number of alkyl halides is 8. The van der Waals surface area contributed by atoms with Crippen LogP contribution in [0.1, 0.15) is 119 Å². The maximum atomic E-state index is 16.8. The number of methoxy groups -OCH3 is 2. The molecule has 2 bridgehead atoms. The molecular weight excluding hydrogens is 1610 g/mol. The number of rotatable bonds is 32. The van der Waals surface area contributed by atoms with Crippen molar-refractivity contribution in [3.8, 4) is 28.8 Å². The molecule has 3 aromatic carbocycles. The summed E-state index contributed by atoms with van der Waals surface area (Å²) in [6.45, 7) is 1.63. The molecule has 0 saturated carbocycles. The Balaban J connectivity index is 1.09. The summed E-state index contributed by atoms with van der Waals surface area (Å²) < 4.78 is 227. The van der Waals surface area contributed by atoms with Crippen molar-refractivity contribution in [1.29, 1.82) is 0 Å². The van der Waals surface area contributed by atoms with E-state index >= 15 is 39.9 Å². The van der Waals surface area contributed by atoms with E-state index < -0.39 is 205 Å². The molecule has 5 aromatic rings. The summed E-state index contributed by atoms with van der Waals surface area (Å²) in [7, 11) is -7.51. The fourth-order valence-corrected chi connectivity index (χ4v) is 15.7. The number of phosphoric ester groups is 1. The number of anilines is 1. The Morgan fingerprint density at radius 1 is 0.778 bits per heavy atom. The van der Waals surface area contributed by atoms with Crippen molar-refractivity contribution in [1.82, 2.24) is 49.6 Å². The van der Waals surface area contributed by atoms with Gasteiger partial charge >= 0.3 is 50.9 Å². The van der Waals surface area contributed by atoms with Crippen LogP contribution in [0.4, 0.5) is 59.4 Å². The van der Waals surface area contributed by atoms with Gasteiger partial charge in [-0.05, 0) is 93.1 Å². The smallest absolute Gasteiger partial charge is 0.469 e. The Labute approximate surface area is 666 Å². The minimum absolute atomic E-state index is 0.0442. The van der Waals surface area contributed by atoms with Gasteiger partial charge in [0.2, 0.25) is 34.6 Å². The minimum atomic E-state index is -5.42. The third-order valence-electron chi connectivity index (χ3n) is 21.2. The van der Waals surface area contributed by atoms with Crippen LogP contribution in [0.5, 0.6) is 5.75 Å². The highest BCUT2D eigenvalue weighted by Crippen LogP contribution is 2.48. The molecule has 42 heteroatoms. The first kappa shape index (κ1) is 91.3. The van der Waals surface area contributed by atoms with Gasteiger partial charge in [-0.15, -0.1) is 0 Å². The van der Waals surface area contributed by atoms with Crippen LogP contribution in [-0.4, -0.2) is 228 Å². The number of hydrogen-bond acceptors (Lipinski definition) is 23. The van der Waals surface area contributed by atoms with E-state index in [1.165, 1.54) is 74.5 Å². The Morgan fingerprint density at radius 2 is 1.38 bits per heavy atom. The van der Waals surface area contributed by atoms with E-state index in [0.29, 0.717) is 112 Å². The predicted octanol–water partition coefficient (Wildman–Crippen LogP) is 9.01. The van der Waals surface area contributed by atoms with E-state index in [1.54, 1.807) is 0 Å². The highest BCUT2D eigenvalue weighted by Gasteiger charge is 2.58. The second kappa shape index (κ2) is 37.2. The molecule has 4 saturated heterocycles. The van der Waals surface area contributed by atoms with Crippen LogP contribution in [-0.2, 0) is 91.8 Å². The number of hydrazine groups is 1. The molecule has 6 heterocycles. The molecule has 117 heavy (non-hydrogen) atoms. The van der Waals surface area contributed by atoms with Gasteiger partial charge in [-0.1, -0.05) is 57.7 Å². The number of esters is 2. The van der Waals surface area contributed by atoms with Gasteiger partial charge in [-0.3, -0.25) is 44.1 Å². The van der Waals surface area contributed by atoms with Gasteiger partial charge in [-0.2, -0.15) is 44.5 Å². The number of sulfonamides is 1. The lowest BCUT2D eigenvalue weighted by atomic mass is 9.75. The lowest BCUT2D eigenvalue weighted by Gasteiger charge is -2.47. The van der Waals surface area contributed by atoms with Gasteiger partial charge in [0.25, 0.3) is 0 Å². The normalized spacial score (nSPS) is 17.7. The fourth-order valence-electron chi connectivity index (χ4n) is 14.5. The average molecular weight is 1700 g/mol. The van der Waals surface area contributed by atoms with Crippen LogP contribution in [0.15, 0.2) is 73.2 Å². The number of amides is 3. The molecule has 0 spiro atoms. The average Bonchev–Trinajstić information content (AvgIpc) is 1.75. The molecule has 30 nitrogen and oxygen atoms in total. The van der Waals surface area contributed by atoms with Crippen molar-refractivity contribution in [2.45, 2.75) is 155 Å². The standard InChI is InChI=1S/C75H90F10N11O19PS/c1-43-25-49(31-61(98)91-21-23-94(24-22-91)117(10,107)108)64(59(26-43)115-116(104,105)106)71(2,3)33-63(100)112-42-113-70(103)114-60(39-93(90-66(101)54(32-62(99)109-8)72(4,5)74(80,81)82)38-53-55(76)28-47(29-56(53)77)57-19-20-95(89-57)67(78)79)48(30-58(97)65(88-69(102)110-9)73(6,7)75(83,84)85)27-45-14-11-44(12-15-45)13-16-46-34-86-68(87-35-46)92-36-50-17-18-51(37-92)96(50)52-40-111-41-52/h11-12,14-15,19-20,25-26,28-29,34-35,48,50-52,54,60,65,67H,17-18,21-24,27,30-33,36-42H2,1-10H3,(H,88,102)(H,90,101)(H2,104,105,106)/t48-,50?,51?,54-,60+,65-/m1/s1. The number of piperazine rings is 2. The Kier molecular flexibility index (Phi) is 29.0. The second-order valence-corrected chi connectivity index (χ2v) is 33.8. The number of Topliss-reactive ketones (excluding diaryl/α,β-unsaturated/α-hetero) is 1. The second-order valence-electron chi connectivity index (χ2n) is 30.7. The van der Waals surface area contributed by atoms with Crippen LogP contribution >= 0.6 is 7.82 Å². The summed E-state index contributed by atoms with van der Waals surface area (Å²) >= 11 is 0. The summed E-state index contributed by atoms with van der Waals surface area (Å²) in [5.74, 6) is -8.00. The number of phosphoric acid groups is 1. The zero-order valence-corrected chi connectivity index (χ0v) is 67.0. The molecule has 6 atom stereocenters. The lowest BCUT2D eigenvalue weighted by molar-refractivity contribution is -0.231. The SMILES string of the molecule is COC(=O)C[C@H](C(=O)NN(Cc1c(F)cc(-c2ccn(C(F)F)n2)cc1F)C[C@H](OC(=O)OCOC(=O)CC(C)(C)c1c(CC(=O)N2CCN(S(C)(=O)=O)CC2)cc(C)cc1OP(=O)(O)O)[C@@H](CC(=O)[C@@H](NC(=O)OC)C(C)(C)C(F)(F)F)Cc1ccc(C#Cc2cnc(N3CC4CCC(C3)N4C3COC3)nc2)cc1)C(C)(C)C(F)(F)F. The molecule has 4 N–H and O–H groups in total. The molecule has 9 rings (SSSR count). The van der Waals surface area contributed by atoms with Crippen LogP contribution in [0, 0.1) is 53.1 Å². The number of carbonyl (C=O) groups excluding carboxylic acids is 7. The first-order valence-electron chi connectivity index (χ1n) is 36.6. The predicted molar refractivity (Wildman–Crippen MR) is 394 cm³/mol. The van der Waals surface area contributed by atoms with Crippen LogP contribution in [0.2, 0.25) is 0 Å². The number of alkyl carbamates (subject to hydrolysis) is 1. The van der Waals surface area contributed by atoms with Gasteiger partial charge < -0.3 is 48.1 Å². The monoisotopic (exact) mass is 1700 g/mol. The van der Waals surface area contributed by atoms with Crippen molar-refractivity contribution in [3.05, 3.63) is 124 Å². The Morgan fingerprint density at radius 3 is 1.92 bits per heavy atom. The van der Waals surface area contributed by atoms with Crippen molar-refractivity contribution in [2.24, 2.45) is 22.7 Å². The summed E-state index contributed by atoms with van der Waals surface area (Å²) in [6.07, 6.45) is -14.1.